The Morgan fingerprint density at radius 2 is 1.70 bits per heavy atom. The number of hydrogen-bond acceptors (Lipinski definition) is 2. The van der Waals surface area contributed by atoms with Gasteiger partial charge in [-0.3, -0.25) is 0 Å². The Hall–Kier alpha value is 0.310. The third-order valence-corrected chi connectivity index (χ3v) is 3.76. The van der Waals surface area contributed by atoms with Gasteiger partial charge in [-0.05, 0) is 18.6 Å². The summed E-state index contributed by atoms with van der Waals surface area (Å²) in [6, 6.07) is 0. The highest BCUT2D eigenvalue weighted by molar-refractivity contribution is 8.00. The predicted molar refractivity (Wildman–Crippen MR) is 50.5 cm³/mol. The van der Waals surface area contributed by atoms with Crippen LogP contribution in [0.15, 0.2) is 0 Å². The molecule has 0 spiro atoms. The number of nitrogens with two attached hydrogens (primary N) is 1. The van der Waals surface area contributed by atoms with Crippen molar-refractivity contribution in [2.45, 2.75) is 38.4 Å². The van der Waals surface area contributed by atoms with E-state index in [1.165, 1.54) is 18.6 Å². The fourth-order valence-corrected chi connectivity index (χ4v) is 2.25. The molecule has 0 unspecified atom stereocenters. The Kier molecular flexibility index (Phi) is 5.18. The summed E-state index contributed by atoms with van der Waals surface area (Å²) < 4.78 is 0.370. The molecule has 0 aliphatic rings. The molecule has 0 aromatic rings. The third-order valence-electron chi connectivity index (χ3n) is 2.11. The summed E-state index contributed by atoms with van der Waals surface area (Å²) in [6.45, 7) is 7.46. The largest absolute Gasteiger partial charge is 0.329 e. The van der Waals surface area contributed by atoms with Crippen LogP contribution in [-0.4, -0.2) is 17.0 Å². The zero-order chi connectivity index (χ0) is 8.04. The van der Waals surface area contributed by atoms with Crippen LogP contribution in [0, 0.1) is 0 Å². The summed E-state index contributed by atoms with van der Waals surface area (Å²) >= 11 is 2.00. The van der Waals surface area contributed by atoms with Gasteiger partial charge in [0.1, 0.15) is 0 Å². The van der Waals surface area contributed by atoms with Crippen molar-refractivity contribution in [1.29, 1.82) is 0 Å². The molecule has 2 N–H and O–H groups in total. The molecule has 0 aromatic heterocycles. The highest BCUT2D eigenvalue weighted by Gasteiger charge is 2.23. The molecule has 0 atom stereocenters. The van der Waals surface area contributed by atoms with E-state index in [2.05, 4.69) is 20.8 Å². The fraction of sp³-hybridized carbons (Fsp3) is 1.00. The van der Waals surface area contributed by atoms with Crippen LogP contribution in [0.1, 0.15) is 33.6 Å². The van der Waals surface area contributed by atoms with Crippen molar-refractivity contribution in [3.05, 3.63) is 0 Å². The molecule has 0 fully saturated rings. The second kappa shape index (κ2) is 5.03. The molecule has 0 heterocycles. The molecule has 0 aliphatic carbocycles. The van der Waals surface area contributed by atoms with Gasteiger partial charge in [0.15, 0.2) is 0 Å². The van der Waals surface area contributed by atoms with Gasteiger partial charge in [-0.1, -0.05) is 20.8 Å². The van der Waals surface area contributed by atoms with Gasteiger partial charge in [0.2, 0.25) is 0 Å². The summed E-state index contributed by atoms with van der Waals surface area (Å²) in [5.41, 5.74) is 5.69. The third kappa shape index (κ3) is 2.51. The molecule has 62 valence electrons. The maximum absolute atomic E-state index is 5.69. The van der Waals surface area contributed by atoms with Gasteiger partial charge in [0.25, 0.3) is 0 Å². The Morgan fingerprint density at radius 3 is 1.80 bits per heavy atom. The van der Waals surface area contributed by atoms with Gasteiger partial charge >= 0.3 is 0 Å². The van der Waals surface area contributed by atoms with E-state index < -0.39 is 0 Å². The SMILES string of the molecule is CCSC(CC)(CC)CN. The maximum atomic E-state index is 5.69. The van der Waals surface area contributed by atoms with E-state index >= 15 is 0 Å². The second-order valence-corrected chi connectivity index (χ2v) is 4.26. The topological polar surface area (TPSA) is 26.0 Å². The van der Waals surface area contributed by atoms with Crippen LogP contribution in [-0.2, 0) is 0 Å². The Balaban J connectivity index is 3.87. The van der Waals surface area contributed by atoms with Crippen molar-refractivity contribution in [2.75, 3.05) is 12.3 Å². The molecule has 0 aliphatic heterocycles. The Morgan fingerprint density at radius 1 is 1.20 bits per heavy atom. The lowest BCUT2D eigenvalue weighted by molar-refractivity contribution is 0.558. The highest BCUT2D eigenvalue weighted by atomic mass is 32.2. The van der Waals surface area contributed by atoms with Crippen LogP contribution in [0.2, 0.25) is 0 Å². The van der Waals surface area contributed by atoms with E-state index in [0.717, 1.165) is 6.54 Å². The van der Waals surface area contributed by atoms with Gasteiger partial charge in [-0.25, -0.2) is 0 Å². The minimum Gasteiger partial charge on any atom is -0.329 e. The number of rotatable bonds is 5. The van der Waals surface area contributed by atoms with Gasteiger partial charge in [-0.15, -0.1) is 0 Å². The van der Waals surface area contributed by atoms with Crippen molar-refractivity contribution in [3.63, 3.8) is 0 Å². The van der Waals surface area contributed by atoms with Crippen LogP contribution >= 0.6 is 11.8 Å². The molecule has 10 heavy (non-hydrogen) atoms. The predicted octanol–water partition coefficient (Wildman–Crippen LogP) is 2.26. The fourth-order valence-electron chi connectivity index (χ4n) is 1.11. The molecule has 0 rings (SSSR count). The summed E-state index contributed by atoms with van der Waals surface area (Å²) in [5, 5.41) is 0. The monoisotopic (exact) mass is 161 g/mol. The van der Waals surface area contributed by atoms with Crippen molar-refractivity contribution in [2.24, 2.45) is 5.73 Å². The van der Waals surface area contributed by atoms with Crippen molar-refractivity contribution < 1.29 is 0 Å². The van der Waals surface area contributed by atoms with E-state index in [-0.39, 0.29) is 0 Å². The first kappa shape index (κ1) is 10.3. The van der Waals surface area contributed by atoms with Crippen LogP contribution in [0.25, 0.3) is 0 Å². The molecule has 0 aromatic carbocycles. The van der Waals surface area contributed by atoms with E-state index in [4.69, 9.17) is 5.73 Å². The average molecular weight is 161 g/mol. The minimum atomic E-state index is 0.370. The van der Waals surface area contributed by atoms with Crippen molar-refractivity contribution in [1.82, 2.24) is 0 Å². The first-order valence-electron chi connectivity index (χ1n) is 4.08. The van der Waals surface area contributed by atoms with Crippen LogP contribution in [0.4, 0.5) is 0 Å². The lowest BCUT2D eigenvalue weighted by atomic mass is 10.0. The van der Waals surface area contributed by atoms with Crippen molar-refractivity contribution >= 4 is 11.8 Å². The lowest BCUT2D eigenvalue weighted by Crippen LogP contribution is -2.33. The molecule has 0 bridgehead atoms. The molecule has 0 amide bonds. The van der Waals surface area contributed by atoms with E-state index in [1.807, 2.05) is 11.8 Å². The smallest absolute Gasteiger partial charge is 0.0276 e. The van der Waals surface area contributed by atoms with E-state index in [0.29, 0.717) is 4.75 Å². The molecular formula is C8H19NS. The molecule has 0 radical (unpaired) electrons. The van der Waals surface area contributed by atoms with Gasteiger partial charge in [-0.2, -0.15) is 11.8 Å². The van der Waals surface area contributed by atoms with Gasteiger partial charge in [0.05, 0.1) is 0 Å². The van der Waals surface area contributed by atoms with Gasteiger partial charge < -0.3 is 5.73 Å². The van der Waals surface area contributed by atoms with Crippen LogP contribution in [0.5, 0.6) is 0 Å². The Labute approximate surface area is 68.8 Å². The number of hydrogen-bond donors (Lipinski definition) is 1. The van der Waals surface area contributed by atoms with Crippen LogP contribution < -0.4 is 5.73 Å². The molecule has 1 nitrogen and oxygen atoms in total. The highest BCUT2D eigenvalue weighted by Crippen LogP contribution is 2.30. The first-order valence-corrected chi connectivity index (χ1v) is 5.07. The Bertz CT molecular complexity index is 71.1. The summed E-state index contributed by atoms with van der Waals surface area (Å²) in [7, 11) is 0. The zero-order valence-corrected chi connectivity index (χ0v) is 8.13. The lowest BCUT2D eigenvalue weighted by Gasteiger charge is -2.28. The maximum Gasteiger partial charge on any atom is 0.0276 e. The molecule has 2 heteroatoms. The molecule has 0 saturated carbocycles. The molecule has 0 saturated heterocycles. The summed E-state index contributed by atoms with van der Waals surface area (Å²) in [6.07, 6.45) is 2.39. The summed E-state index contributed by atoms with van der Waals surface area (Å²) in [4.78, 5) is 0. The first-order chi connectivity index (χ1) is 4.74. The summed E-state index contributed by atoms with van der Waals surface area (Å²) in [5.74, 6) is 1.18. The zero-order valence-electron chi connectivity index (χ0n) is 7.31. The van der Waals surface area contributed by atoms with E-state index in [1.54, 1.807) is 0 Å². The standard InChI is InChI=1S/C8H19NS/c1-4-8(5-2,7-9)10-6-3/h4-7,9H2,1-3H3. The van der Waals surface area contributed by atoms with Crippen LogP contribution in [0.3, 0.4) is 0 Å². The second-order valence-electron chi connectivity index (χ2n) is 2.53. The normalized spacial score (nSPS) is 12.0. The molecular weight excluding hydrogens is 142 g/mol. The van der Waals surface area contributed by atoms with Gasteiger partial charge in [0, 0.05) is 11.3 Å². The van der Waals surface area contributed by atoms with E-state index in [9.17, 15) is 0 Å². The van der Waals surface area contributed by atoms with Crippen molar-refractivity contribution in [3.8, 4) is 0 Å². The average Bonchev–Trinajstić information content (AvgIpc) is 2.01. The number of thioether (sulfide) groups is 1. The minimum absolute atomic E-state index is 0.370. The quantitative estimate of drug-likeness (QED) is 0.669.